The number of aromatic nitrogens is 2. The number of aryl methyl sites for hydroxylation is 1. The highest BCUT2D eigenvalue weighted by atomic mass is 16.5. The molecule has 13 heavy (non-hydrogen) atoms. The van der Waals surface area contributed by atoms with Gasteiger partial charge < -0.3 is 9.72 Å². The van der Waals surface area contributed by atoms with E-state index in [1.54, 1.807) is 6.92 Å². The average molecular weight is 182 g/mol. The molecule has 0 unspecified atom stereocenters. The average Bonchev–Trinajstić information content (AvgIpc) is 2.51. The number of rotatable bonds is 3. The number of Topliss-reactive ketones (excluding diaryl/α,β-unsaturated/α-hetero) is 1. The maximum Gasteiger partial charge on any atom is 0.313 e. The third-order valence-corrected chi connectivity index (χ3v) is 1.63. The minimum Gasteiger partial charge on any atom is -0.469 e. The molecule has 0 aliphatic heterocycles. The number of hydrogen-bond donors (Lipinski definition) is 1. The number of aromatic amines is 1. The molecule has 0 fully saturated rings. The molecule has 0 bridgehead atoms. The highest BCUT2D eigenvalue weighted by molar-refractivity contribution is 6.05. The van der Waals surface area contributed by atoms with E-state index in [-0.39, 0.29) is 12.2 Å². The van der Waals surface area contributed by atoms with Crippen LogP contribution in [0.3, 0.4) is 0 Å². The van der Waals surface area contributed by atoms with Crippen molar-refractivity contribution in [2.45, 2.75) is 13.3 Å². The molecule has 0 aliphatic carbocycles. The number of ether oxygens (including phenoxy) is 1. The molecule has 1 aromatic rings. The Bertz CT molecular complexity index is 330. The Hall–Kier alpha value is -1.65. The highest BCUT2D eigenvalue weighted by Gasteiger charge is 2.15. The van der Waals surface area contributed by atoms with Gasteiger partial charge in [0.2, 0.25) is 0 Å². The van der Waals surface area contributed by atoms with Gasteiger partial charge in [-0.25, -0.2) is 4.98 Å². The summed E-state index contributed by atoms with van der Waals surface area (Å²) in [7, 11) is 1.24. The van der Waals surface area contributed by atoms with Crippen molar-refractivity contribution >= 4 is 11.8 Å². The molecular formula is C8H10N2O3. The predicted molar refractivity (Wildman–Crippen MR) is 44.3 cm³/mol. The van der Waals surface area contributed by atoms with E-state index in [1.165, 1.54) is 13.4 Å². The number of esters is 1. The number of nitrogens with one attached hydrogen (secondary N) is 1. The molecule has 0 saturated carbocycles. The first-order chi connectivity index (χ1) is 6.15. The Morgan fingerprint density at radius 3 is 2.77 bits per heavy atom. The van der Waals surface area contributed by atoms with Crippen LogP contribution >= 0.6 is 0 Å². The Balaban J connectivity index is 2.69. The lowest BCUT2D eigenvalue weighted by atomic mass is 10.2. The smallest absolute Gasteiger partial charge is 0.313 e. The van der Waals surface area contributed by atoms with Gasteiger partial charge in [0.1, 0.15) is 12.1 Å². The van der Waals surface area contributed by atoms with Crippen molar-refractivity contribution in [1.82, 2.24) is 9.97 Å². The molecule has 1 N–H and O–H groups in total. The molecular weight excluding hydrogens is 172 g/mol. The molecule has 1 rings (SSSR count). The molecule has 0 atom stereocenters. The lowest BCUT2D eigenvalue weighted by molar-refractivity contribution is -0.139. The van der Waals surface area contributed by atoms with Gasteiger partial charge in [0.05, 0.1) is 13.4 Å². The summed E-state index contributed by atoms with van der Waals surface area (Å²) in [6.45, 7) is 1.72. The molecule has 0 aliphatic rings. The number of ketones is 1. The summed E-state index contributed by atoms with van der Waals surface area (Å²) in [4.78, 5) is 28.6. The van der Waals surface area contributed by atoms with E-state index < -0.39 is 5.97 Å². The lowest BCUT2D eigenvalue weighted by Crippen LogP contribution is -2.10. The van der Waals surface area contributed by atoms with Crippen LogP contribution in [0.25, 0.3) is 0 Å². The zero-order valence-electron chi connectivity index (χ0n) is 7.46. The van der Waals surface area contributed by atoms with Crippen LogP contribution < -0.4 is 0 Å². The first kappa shape index (κ1) is 9.44. The second kappa shape index (κ2) is 3.84. The Labute approximate surface area is 75.1 Å². The number of carbonyl (C=O) groups is 2. The minimum absolute atomic E-state index is 0.262. The second-order valence-corrected chi connectivity index (χ2v) is 2.55. The molecule has 0 amide bonds. The minimum atomic E-state index is -0.549. The molecule has 5 heteroatoms. The van der Waals surface area contributed by atoms with Gasteiger partial charge in [0.25, 0.3) is 0 Å². The predicted octanol–water partition coefficient (Wildman–Crippen LogP) is 0.464. The van der Waals surface area contributed by atoms with Crippen LogP contribution in [-0.4, -0.2) is 28.8 Å². The maximum atomic E-state index is 11.3. The van der Waals surface area contributed by atoms with Crippen molar-refractivity contribution in [3.8, 4) is 0 Å². The van der Waals surface area contributed by atoms with Crippen molar-refractivity contribution < 1.29 is 14.3 Å². The summed E-state index contributed by atoms with van der Waals surface area (Å²) in [6, 6.07) is 0. The van der Waals surface area contributed by atoms with E-state index in [4.69, 9.17) is 0 Å². The highest BCUT2D eigenvalue weighted by Crippen LogP contribution is 2.04. The number of carbonyl (C=O) groups excluding carboxylic acids is 2. The van der Waals surface area contributed by atoms with Crippen LogP contribution in [0.15, 0.2) is 6.33 Å². The van der Waals surface area contributed by atoms with Crippen LogP contribution in [0.4, 0.5) is 0 Å². The first-order valence-electron chi connectivity index (χ1n) is 3.75. The van der Waals surface area contributed by atoms with Crippen molar-refractivity contribution in [2.24, 2.45) is 0 Å². The quantitative estimate of drug-likeness (QED) is 0.419. The zero-order valence-corrected chi connectivity index (χ0v) is 7.46. The van der Waals surface area contributed by atoms with Gasteiger partial charge in [-0.05, 0) is 6.92 Å². The second-order valence-electron chi connectivity index (χ2n) is 2.55. The lowest BCUT2D eigenvalue weighted by Gasteiger charge is -1.96. The van der Waals surface area contributed by atoms with E-state index >= 15 is 0 Å². The van der Waals surface area contributed by atoms with Crippen LogP contribution in [0.1, 0.15) is 22.6 Å². The normalized spacial score (nSPS) is 9.69. The number of nitrogens with zero attached hydrogens (tertiary/aromatic N) is 1. The molecule has 5 nitrogen and oxygen atoms in total. The fourth-order valence-corrected chi connectivity index (χ4v) is 0.927. The van der Waals surface area contributed by atoms with Crippen LogP contribution in [0.5, 0.6) is 0 Å². The third-order valence-electron chi connectivity index (χ3n) is 1.63. The molecule has 1 aromatic heterocycles. The number of imidazole rings is 1. The summed E-state index contributed by atoms with van der Waals surface area (Å²) in [5.74, 6) is -0.877. The van der Waals surface area contributed by atoms with E-state index in [1.807, 2.05) is 0 Å². The van der Waals surface area contributed by atoms with Gasteiger partial charge >= 0.3 is 5.97 Å². The number of methoxy groups -OCH3 is 1. The molecule has 70 valence electrons. The van der Waals surface area contributed by atoms with Gasteiger partial charge in [0, 0.05) is 5.69 Å². The molecule has 0 radical (unpaired) electrons. The van der Waals surface area contributed by atoms with E-state index in [0.717, 1.165) is 0 Å². The standard InChI is InChI=1S/C8H10N2O3/c1-5-8(10-4-9-5)6(11)3-7(12)13-2/h4H,3H2,1-2H3,(H,9,10). The monoisotopic (exact) mass is 182 g/mol. The van der Waals surface area contributed by atoms with Crippen molar-refractivity contribution in [2.75, 3.05) is 7.11 Å². The van der Waals surface area contributed by atoms with Crippen LogP contribution in [-0.2, 0) is 9.53 Å². The van der Waals surface area contributed by atoms with Crippen molar-refractivity contribution in [1.29, 1.82) is 0 Å². The van der Waals surface area contributed by atoms with Gasteiger partial charge in [-0.15, -0.1) is 0 Å². The number of hydrogen-bond acceptors (Lipinski definition) is 4. The molecule has 0 saturated heterocycles. The topological polar surface area (TPSA) is 72.1 Å². The summed E-state index contributed by atoms with van der Waals surface area (Å²) >= 11 is 0. The van der Waals surface area contributed by atoms with Gasteiger partial charge in [-0.3, -0.25) is 9.59 Å². The Kier molecular flexibility index (Phi) is 2.79. The molecule has 0 aromatic carbocycles. The van der Waals surface area contributed by atoms with Gasteiger partial charge in [-0.1, -0.05) is 0 Å². The summed E-state index contributed by atoms with van der Waals surface area (Å²) in [5, 5.41) is 0. The fourth-order valence-electron chi connectivity index (χ4n) is 0.927. The Morgan fingerprint density at radius 2 is 2.31 bits per heavy atom. The maximum absolute atomic E-state index is 11.3. The largest absolute Gasteiger partial charge is 0.469 e. The summed E-state index contributed by atoms with van der Waals surface area (Å²) in [6.07, 6.45) is 1.15. The number of H-pyrrole nitrogens is 1. The molecule has 1 heterocycles. The van der Waals surface area contributed by atoms with Crippen LogP contribution in [0, 0.1) is 6.92 Å². The van der Waals surface area contributed by atoms with E-state index in [9.17, 15) is 9.59 Å². The molecule has 0 spiro atoms. The van der Waals surface area contributed by atoms with Gasteiger partial charge in [0.15, 0.2) is 5.78 Å². The van der Waals surface area contributed by atoms with E-state index in [0.29, 0.717) is 11.4 Å². The van der Waals surface area contributed by atoms with Gasteiger partial charge in [-0.2, -0.15) is 0 Å². The summed E-state index contributed by atoms with van der Waals surface area (Å²) < 4.78 is 4.36. The zero-order chi connectivity index (χ0) is 9.84. The SMILES string of the molecule is COC(=O)CC(=O)c1nc[nH]c1C. The summed E-state index contributed by atoms with van der Waals surface area (Å²) in [5.41, 5.74) is 0.958. The van der Waals surface area contributed by atoms with Crippen LogP contribution in [0.2, 0.25) is 0 Å². The third kappa shape index (κ3) is 2.14. The van der Waals surface area contributed by atoms with Crippen molar-refractivity contribution in [3.63, 3.8) is 0 Å². The first-order valence-corrected chi connectivity index (χ1v) is 3.75. The van der Waals surface area contributed by atoms with Crippen molar-refractivity contribution in [3.05, 3.63) is 17.7 Å². The Morgan fingerprint density at radius 1 is 1.62 bits per heavy atom. The fraction of sp³-hybridized carbons (Fsp3) is 0.375. The van der Waals surface area contributed by atoms with E-state index in [2.05, 4.69) is 14.7 Å².